The minimum absolute atomic E-state index is 0.0626. The van der Waals surface area contributed by atoms with Crippen LogP contribution in [0.3, 0.4) is 0 Å². The lowest BCUT2D eigenvalue weighted by Crippen LogP contribution is -2.51. The first-order valence-electron chi connectivity index (χ1n) is 10.6. The number of fused-ring (bicyclic) bond motifs is 1. The predicted molar refractivity (Wildman–Crippen MR) is 132 cm³/mol. The molecular weight excluding hydrogens is 420 g/mol. The summed E-state index contributed by atoms with van der Waals surface area (Å²) in [5.74, 6) is 0.708. The fraction of sp³-hybridized carbons (Fsp3) is 0.231. The molecule has 0 bridgehead atoms. The maximum Gasteiger partial charge on any atom is 0.247 e. The number of hydrogen-bond acceptors (Lipinski definition) is 4. The molecule has 1 saturated heterocycles. The maximum atomic E-state index is 12.7. The highest BCUT2D eigenvalue weighted by molar-refractivity contribution is 6.30. The van der Waals surface area contributed by atoms with Crippen molar-refractivity contribution in [2.45, 2.75) is 38.8 Å². The number of amidine groups is 1. The molecule has 2 heterocycles. The van der Waals surface area contributed by atoms with Gasteiger partial charge in [-0.25, -0.2) is 4.99 Å². The van der Waals surface area contributed by atoms with Gasteiger partial charge >= 0.3 is 0 Å². The summed E-state index contributed by atoms with van der Waals surface area (Å²) in [4.78, 5) is 19.4. The van der Waals surface area contributed by atoms with Crippen LogP contribution in [-0.4, -0.2) is 22.7 Å². The summed E-state index contributed by atoms with van der Waals surface area (Å²) in [6, 6.07) is 13.5. The summed E-state index contributed by atoms with van der Waals surface area (Å²) in [7, 11) is 0. The molecule has 2 aromatic carbocycles. The van der Waals surface area contributed by atoms with Gasteiger partial charge in [0.15, 0.2) is 0 Å². The molecule has 5 nitrogen and oxygen atoms in total. The van der Waals surface area contributed by atoms with Gasteiger partial charge in [0.1, 0.15) is 11.9 Å². The molecule has 1 atom stereocenters. The van der Waals surface area contributed by atoms with Gasteiger partial charge in [-0.15, -0.1) is 0 Å². The van der Waals surface area contributed by atoms with Gasteiger partial charge < -0.3 is 15.5 Å². The zero-order chi connectivity index (χ0) is 22.8. The monoisotopic (exact) mass is 446 g/mol. The average Bonchev–Trinajstić information content (AvgIpc) is 2.75. The van der Waals surface area contributed by atoms with E-state index < -0.39 is 0 Å². The zero-order valence-electron chi connectivity index (χ0n) is 18.2. The molecule has 1 unspecified atom stereocenters. The molecule has 32 heavy (non-hydrogen) atoms. The van der Waals surface area contributed by atoms with Crippen LogP contribution in [-0.2, 0) is 17.8 Å². The number of carbonyl (C=O) groups excluding carboxylic acids is 1. The largest absolute Gasteiger partial charge is 0.384 e. The number of aliphatic imine (C=N–C) groups is 1. The van der Waals surface area contributed by atoms with Crippen LogP contribution in [0, 0.1) is 0 Å². The van der Waals surface area contributed by atoms with Crippen molar-refractivity contribution < 1.29 is 4.79 Å². The van der Waals surface area contributed by atoms with Crippen molar-refractivity contribution in [3.8, 4) is 0 Å². The summed E-state index contributed by atoms with van der Waals surface area (Å²) in [6.07, 6.45) is 2.14. The number of allylic oxidation sites excluding steroid dienone is 2. The van der Waals surface area contributed by atoms with Crippen LogP contribution in [0.5, 0.6) is 0 Å². The number of nitrogens with zero attached hydrogens (tertiary/aromatic N) is 2. The van der Waals surface area contributed by atoms with E-state index in [0.29, 0.717) is 19.4 Å². The van der Waals surface area contributed by atoms with Crippen LogP contribution < -0.4 is 10.6 Å². The molecule has 2 N–H and O–H groups in total. The molecule has 0 spiro atoms. The minimum atomic E-state index is -0.342. The summed E-state index contributed by atoms with van der Waals surface area (Å²) >= 11 is 5.97. The van der Waals surface area contributed by atoms with Crippen molar-refractivity contribution in [3.63, 3.8) is 0 Å². The highest BCUT2D eigenvalue weighted by Gasteiger charge is 2.35. The van der Waals surface area contributed by atoms with Crippen LogP contribution in [0.15, 0.2) is 78.6 Å². The molecule has 0 aliphatic carbocycles. The molecule has 2 aliphatic heterocycles. The summed E-state index contributed by atoms with van der Waals surface area (Å²) in [6.45, 7) is 14.9. The second-order valence-electron chi connectivity index (χ2n) is 8.19. The third-order valence-electron chi connectivity index (χ3n) is 5.83. The van der Waals surface area contributed by atoms with Gasteiger partial charge in [-0.05, 0) is 49.1 Å². The van der Waals surface area contributed by atoms with E-state index in [9.17, 15) is 4.79 Å². The first kappa shape index (κ1) is 21.9. The van der Waals surface area contributed by atoms with E-state index in [2.05, 4.69) is 36.4 Å². The van der Waals surface area contributed by atoms with Crippen molar-refractivity contribution >= 4 is 34.7 Å². The van der Waals surface area contributed by atoms with Gasteiger partial charge in [0.2, 0.25) is 5.91 Å². The molecule has 0 radical (unpaired) electrons. The molecule has 0 saturated carbocycles. The number of rotatable bonds is 6. The molecule has 6 heteroatoms. The highest BCUT2D eigenvalue weighted by Crippen LogP contribution is 2.38. The van der Waals surface area contributed by atoms with Crippen molar-refractivity contribution in [1.29, 1.82) is 0 Å². The van der Waals surface area contributed by atoms with Gasteiger partial charge in [-0.2, -0.15) is 0 Å². The van der Waals surface area contributed by atoms with Gasteiger partial charge in [-0.3, -0.25) is 4.79 Å². The van der Waals surface area contributed by atoms with Crippen molar-refractivity contribution in [2.75, 3.05) is 0 Å². The van der Waals surface area contributed by atoms with Crippen LogP contribution in [0.25, 0.3) is 5.70 Å². The molecule has 1 fully saturated rings. The highest BCUT2D eigenvalue weighted by atomic mass is 35.5. The average molecular weight is 447 g/mol. The molecule has 1 amide bonds. The third kappa shape index (κ3) is 4.48. The summed E-state index contributed by atoms with van der Waals surface area (Å²) in [5.41, 5.74) is 6.49. The van der Waals surface area contributed by atoms with Crippen LogP contribution in [0.4, 0.5) is 5.69 Å². The Hall–Kier alpha value is -3.31. The standard InChI is InChI=1S/C26H27ClN4O/c1-16-8-13-24(26(32)29-16)31-18(3)25-21(6-5-7-23(25)30-19(31)4)15-28-17(2)14-20-9-11-22(27)12-10-20/h5-7,9-12,24,28H,1-3,8,13-15H2,4H3,(H,29,32). The number of halogens is 1. The zero-order valence-corrected chi connectivity index (χ0v) is 19.0. The first-order chi connectivity index (χ1) is 15.3. The number of nitrogens with one attached hydrogen (secondary N) is 2. The SMILES string of the molecule is C=C(Cc1ccc(Cl)cc1)NCc1cccc2c1C(=C)N(C1CCC(=C)NC1=O)C(C)=N2. The van der Waals surface area contributed by atoms with Crippen molar-refractivity contribution in [2.24, 2.45) is 4.99 Å². The fourth-order valence-electron chi connectivity index (χ4n) is 4.26. The number of carbonyl (C=O) groups is 1. The van der Waals surface area contributed by atoms with Gasteiger partial charge in [0.05, 0.1) is 5.69 Å². The Morgan fingerprint density at radius 1 is 1.25 bits per heavy atom. The number of amides is 1. The number of piperidine rings is 1. The van der Waals surface area contributed by atoms with Crippen LogP contribution in [0.1, 0.15) is 36.5 Å². The van der Waals surface area contributed by atoms with E-state index in [0.717, 1.165) is 56.7 Å². The normalized spacial score (nSPS) is 18.1. The Morgan fingerprint density at radius 3 is 2.72 bits per heavy atom. The molecule has 2 aliphatic rings. The lowest BCUT2D eigenvalue weighted by atomic mass is 9.96. The van der Waals surface area contributed by atoms with Crippen LogP contribution >= 0.6 is 11.6 Å². The Labute approximate surface area is 194 Å². The van der Waals surface area contributed by atoms with E-state index in [1.807, 2.05) is 48.2 Å². The van der Waals surface area contributed by atoms with E-state index >= 15 is 0 Å². The van der Waals surface area contributed by atoms with Crippen molar-refractivity contribution in [3.05, 3.63) is 95.3 Å². The van der Waals surface area contributed by atoms with Gasteiger partial charge in [-0.1, -0.05) is 55.6 Å². The van der Waals surface area contributed by atoms with E-state index in [1.54, 1.807) is 0 Å². The number of hydrogen-bond donors (Lipinski definition) is 2. The number of benzene rings is 2. The van der Waals surface area contributed by atoms with Gasteiger partial charge in [0.25, 0.3) is 0 Å². The smallest absolute Gasteiger partial charge is 0.247 e. The minimum Gasteiger partial charge on any atom is -0.384 e. The molecule has 4 rings (SSSR count). The van der Waals surface area contributed by atoms with Gasteiger partial charge in [0, 0.05) is 40.6 Å². The molecule has 2 aromatic rings. The van der Waals surface area contributed by atoms with E-state index in [-0.39, 0.29) is 11.9 Å². The maximum absolute atomic E-state index is 12.7. The first-order valence-corrected chi connectivity index (χ1v) is 11.0. The van der Waals surface area contributed by atoms with Crippen molar-refractivity contribution in [1.82, 2.24) is 15.5 Å². The van der Waals surface area contributed by atoms with E-state index in [1.165, 1.54) is 0 Å². The van der Waals surface area contributed by atoms with Crippen LogP contribution in [0.2, 0.25) is 5.02 Å². The second kappa shape index (κ2) is 9.05. The fourth-order valence-corrected chi connectivity index (χ4v) is 4.38. The molecule has 0 aromatic heterocycles. The van der Waals surface area contributed by atoms with E-state index in [4.69, 9.17) is 16.6 Å². The lowest BCUT2D eigenvalue weighted by molar-refractivity contribution is -0.124. The Bertz CT molecular complexity index is 1130. The quantitative estimate of drug-likeness (QED) is 0.631. The second-order valence-corrected chi connectivity index (χ2v) is 8.63. The Morgan fingerprint density at radius 2 is 2.00 bits per heavy atom. The summed E-state index contributed by atoms with van der Waals surface area (Å²) < 4.78 is 0. The Kier molecular flexibility index (Phi) is 6.19. The molecular formula is C26H27ClN4O. The predicted octanol–water partition coefficient (Wildman–Crippen LogP) is 5.31. The third-order valence-corrected chi connectivity index (χ3v) is 6.08. The summed E-state index contributed by atoms with van der Waals surface area (Å²) in [5, 5.41) is 7.02. The Balaban J connectivity index is 1.52. The lowest BCUT2D eigenvalue weighted by Gasteiger charge is -2.39. The molecule has 164 valence electrons. The topological polar surface area (TPSA) is 56.7 Å².